The average molecular weight is 359 g/mol. The number of fused-ring (bicyclic) bond motifs is 1. The minimum atomic E-state index is -0.543. The normalized spacial score (nSPS) is 30.5. The average Bonchev–Trinajstić information content (AvgIpc) is 2.93. The highest BCUT2D eigenvalue weighted by Crippen LogP contribution is 2.63. The minimum absolute atomic E-state index is 0.0784. The summed E-state index contributed by atoms with van der Waals surface area (Å²) in [6.45, 7) is 0.813. The number of Topliss-reactive ketones (excluding diaryl/α,β-unsaturated/α-hetero) is 1. The molecular formula is C20H25NO5. The zero-order valence-corrected chi connectivity index (χ0v) is 15.7. The Morgan fingerprint density at radius 3 is 2.54 bits per heavy atom. The van der Waals surface area contributed by atoms with Crippen LogP contribution in [0.2, 0.25) is 0 Å². The number of ether oxygens (including phenoxy) is 3. The van der Waals surface area contributed by atoms with E-state index < -0.39 is 11.0 Å². The van der Waals surface area contributed by atoms with Crippen LogP contribution in [0.15, 0.2) is 23.7 Å². The lowest BCUT2D eigenvalue weighted by Crippen LogP contribution is -2.62. The van der Waals surface area contributed by atoms with Crippen LogP contribution in [-0.2, 0) is 26.1 Å². The molecule has 1 heterocycles. The molecule has 1 saturated heterocycles. The number of carbonyl (C=O) groups is 1. The summed E-state index contributed by atoms with van der Waals surface area (Å²) in [6, 6.07) is 3.81. The highest BCUT2D eigenvalue weighted by molar-refractivity contribution is 5.97. The van der Waals surface area contributed by atoms with Gasteiger partial charge in [0.2, 0.25) is 11.5 Å². The van der Waals surface area contributed by atoms with Crippen LogP contribution in [0.25, 0.3) is 0 Å². The molecule has 0 bridgehead atoms. The maximum Gasteiger partial charge on any atom is 0.201 e. The third-order valence-corrected chi connectivity index (χ3v) is 6.70. The molecule has 6 heteroatoms. The van der Waals surface area contributed by atoms with Gasteiger partial charge < -0.3 is 19.3 Å². The molecule has 0 spiro atoms. The van der Waals surface area contributed by atoms with E-state index in [4.69, 9.17) is 14.2 Å². The van der Waals surface area contributed by atoms with Crippen LogP contribution < -0.4 is 4.74 Å². The molecule has 0 radical (unpaired) electrons. The summed E-state index contributed by atoms with van der Waals surface area (Å²) in [7, 11) is 6.72. The number of hydrogen-bond donors (Lipinski definition) is 1. The number of phenols is 1. The highest BCUT2D eigenvalue weighted by atomic mass is 16.5. The van der Waals surface area contributed by atoms with Crippen LogP contribution in [-0.4, -0.2) is 56.3 Å². The number of likely N-dealkylation sites (tertiary alicyclic amines) is 1. The molecule has 0 amide bonds. The van der Waals surface area contributed by atoms with E-state index in [-0.39, 0.29) is 11.5 Å². The van der Waals surface area contributed by atoms with E-state index in [2.05, 4.69) is 11.9 Å². The number of benzene rings is 1. The van der Waals surface area contributed by atoms with Crippen molar-refractivity contribution in [2.24, 2.45) is 0 Å². The third-order valence-electron chi connectivity index (χ3n) is 6.70. The van der Waals surface area contributed by atoms with E-state index in [1.54, 1.807) is 20.3 Å². The lowest BCUT2D eigenvalue weighted by atomic mass is 9.53. The Labute approximate surface area is 153 Å². The predicted octanol–water partition coefficient (Wildman–Crippen LogP) is 2.14. The largest absolute Gasteiger partial charge is 0.504 e. The Morgan fingerprint density at radius 2 is 1.88 bits per heavy atom. The van der Waals surface area contributed by atoms with E-state index in [9.17, 15) is 9.90 Å². The fraction of sp³-hybridized carbons (Fsp3) is 0.550. The Balaban J connectivity index is 2.07. The van der Waals surface area contributed by atoms with Gasteiger partial charge in [0.15, 0.2) is 17.3 Å². The smallest absolute Gasteiger partial charge is 0.201 e. The topological polar surface area (TPSA) is 68.2 Å². The number of aromatic hydroxyl groups is 1. The molecule has 0 saturated carbocycles. The zero-order chi connectivity index (χ0) is 18.7. The minimum Gasteiger partial charge on any atom is -0.504 e. The molecule has 140 valence electrons. The number of methoxy groups -OCH3 is 3. The number of carbonyl (C=O) groups excluding carboxylic acids is 1. The molecule has 1 unspecified atom stereocenters. The first kappa shape index (κ1) is 17.2. The van der Waals surface area contributed by atoms with Crippen LogP contribution in [0.5, 0.6) is 11.5 Å². The lowest BCUT2D eigenvalue weighted by molar-refractivity contribution is -0.124. The maximum absolute atomic E-state index is 13.0. The number of allylic oxidation sites excluding steroid dienone is 1. The molecule has 1 N–H and O–H groups in total. The zero-order valence-electron chi connectivity index (χ0n) is 15.7. The standard InChI is InChI=1S/C20H25NO5/c1-21-10-9-19-11-13(22)17(25-3)18(26-4)20(19,21)8-7-12-5-6-14(24-2)16(23)15(12)19/h5-6,23H,7-11H2,1-4H3/t19?,20-/m1/s1. The van der Waals surface area contributed by atoms with Crippen molar-refractivity contribution in [3.05, 3.63) is 34.8 Å². The summed E-state index contributed by atoms with van der Waals surface area (Å²) < 4.78 is 16.6. The Hall–Kier alpha value is -2.21. The van der Waals surface area contributed by atoms with Gasteiger partial charge in [-0.25, -0.2) is 0 Å². The van der Waals surface area contributed by atoms with Gasteiger partial charge in [-0.2, -0.15) is 0 Å². The fourth-order valence-corrected chi connectivity index (χ4v) is 5.68. The molecule has 1 aromatic carbocycles. The number of ketones is 1. The molecule has 1 aromatic rings. The van der Waals surface area contributed by atoms with Gasteiger partial charge in [-0.1, -0.05) is 6.07 Å². The number of hydrogen-bond acceptors (Lipinski definition) is 6. The number of phenolic OH excluding ortho intramolecular Hbond substituents is 1. The maximum atomic E-state index is 13.0. The summed E-state index contributed by atoms with van der Waals surface area (Å²) in [5.74, 6) is 1.40. The molecule has 26 heavy (non-hydrogen) atoms. The second-order valence-electron chi connectivity index (χ2n) is 7.43. The van der Waals surface area contributed by atoms with Gasteiger partial charge in [-0.15, -0.1) is 0 Å². The van der Waals surface area contributed by atoms with E-state index in [0.717, 1.165) is 36.9 Å². The van der Waals surface area contributed by atoms with E-state index in [1.807, 2.05) is 6.07 Å². The molecule has 3 aliphatic rings. The van der Waals surface area contributed by atoms with Crippen LogP contribution >= 0.6 is 0 Å². The van der Waals surface area contributed by atoms with Gasteiger partial charge in [0.1, 0.15) is 0 Å². The van der Waals surface area contributed by atoms with Crippen LogP contribution in [0.4, 0.5) is 0 Å². The van der Waals surface area contributed by atoms with Crippen LogP contribution in [0.1, 0.15) is 30.4 Å². The van der Waals surface area contributed by atoms with E-state index in [1.165, 1.54) is 7.11 Å². The molecule has 2 aliphatic carbocycles. The number of aryl methyl sites for hydroxylation is 1. The predicted molar refractivity (Wildman–Crippen MR) is 95.3 cm³/mol. The summed E-state index contributed by atoms with van der Waals surface area (Å²) in [5.41, 5.74) is 0.875. The first-order valence-corrected chi connectivity index (χ1v) is 8.93. The molecule has 1 aliphatic heterocycles. The second-order valence-corrected chi connectivity index (χ2v) is 7.43. The number of rotatable bonds is 3. The third kappa shape index (κ3) is 1.78. The molecular weight excluding hydrogens is 334 g/mol. The van der Waals surface area contributed by atoms with Gasteiger partial charge in [0.25, 0.3) is 0 Å². The van der Waals surface area contributed by atoms with Crippen LogP contribution in [0, 0.1) is 0 Å². The summed E-state index contributed by atoms with van der Waals surface area (Å²) >= 11 is 0. The lowest BCUT2D eigenvalue weighted by Gasteiger charge is -2.55. The van der Waals surface area contributed by atoms with Crippen molar-refractivity contribution >= 4 is 5.78 Å². The van der Waals surface area contributed by atoms with Gasteiger partial charge in [-0.3, -0.25) is 9.69 Å². The van der Waals surface area contributed by atoms with Crippen molar-refractivity contribution in [1.82, 2.24) is 4.90 Å². The molecule has 6 nitrogen and oxygen atoms in total. The Kier molecular flexibility index (Phi) is 3.74. The van der Waals surface area contributed by atoms with E-state index in [0.29, 0.717) is 23.7 Å². The number of nitrogens with zero attached hydrogens (tertiary/aromatic N) is 1. The van der Waals surface area contributed by atoms with Crippen molar-refractivity contribution in [2.45, 2.75) is 36.6 Å². The van der Waals surface area contributed by atoms with Crippen molar-refractivity contribution in [2.75, 3.05) is 34.9 Å². The second kappa shape index (κ2) is 5.64. The van der Waals surface area contributed by atoms with Crippen molar-refractivity contribution in [3.63, 3.8) is 0 Å². The quantitative estimate of drug-likeness (QED) is 0.892. The molecule has 1 fully saturated rings. The van der Waals surface area contributed by atoms with Gasteiger partial charge in [0.05, 0.1) is 26.9 Å². The fourth-order valence-electron chi connectivity index (χ4n) is 5.68. The summed E-state index contributed by atoms with van der Waals surface area (Å²) in [6.07, 6.45) is 2.66. The Bertz CT molecular complexity index is 817. The van der Waals surface area contributed by atoms with E-state index >= 15 is 0 Å². The van der Waals surface area contributed by atoms with Crippen molar-refractivity contribution in [1.29, 1.82) is 0 Å². The molecule has 0 aromatic heterocycles. The van der Waals surface area contributed by atoms with Gasteiger partial charge in [0, 0.05) is 17.4 Å². The molecule has 4 rings (SSSR count). The monoisotopic (exact) mass is 359 g/mol. The Morgan fingerprint density at radius 1 is 1.12 bits per heavy atom. The molecule has 2 atom stereocenters. The summed E-state index contributed by atoms with van der Waals surface area (Å²) in [5, 5.41) is 11.0. The van der Waals surface area contributed by atoms with Crippen molar-refractivity contribution < 1.29 is 24.1 Å². The first-order chi connectivity index (χ1) is 12.5. The highest BCUT2D eigenvalue weighted by Gasteiger charge is 2.68. The van der Waals surface area contributed by atoms with Gasteiger partial charge in [-0.05, 0) is 44.5 Å². The van der Waals surface area contributed by atoms with Crippen LogP contribution in [0.3, 0.4) is 0 Å². The first-order valence-electron chi connectivity index (χ1n) is 8.93. The number of likely N-dealkylation sites (N-methyl/N-ethyl adjacent to an activating group) is 1. The van der Waals surface area contributed by atoms with Gasteiger partial charge >= 0.3 is 0 Å². The SMILES string of the molecule is COC1=C(OC)[C@]23CCc4ccc(OC)c(O)c4C2(CCN3C)CC1=O. The summed E-state index contributed by atoms with van der Waals surface area (Å²) in [4.78, 5) is 15.2. The van der Waals surface area contributed by atoms with Crippen molar-refractivity contribution in [3.8, 4) is 11.5 Å².